The van der Waals surface area contributed by atoms with E-state index in [2.05, 4.69) is 59.9 Å². The summed E-state index contributed by atoms with van der Waals surface area (Å²) >= 11 is 1.78. The lowest BCUT2D eigenvalue weighted by Gasteiger charge is -2.16. The van der Waals surface area contributed by atoms with Crippen LogP contribution in [0.3, 0.4) is 0 Å². The van der Waals surface area contributed by atoms with Gasteiger partial charge in [0.2, 0.25) is 0 Å². The molecule has 0 amide bonds. The van der Waals surface area contributed by atoms with Crippen LogP contribution in [-0.2, 0) is 12.8 Å². The minimum Gasteiger partial charge on any atom is -0.314 e. The van der Waals surface area contributed by atoms with E-state index < -0.39 is 0 Å². The maximum Gasteiger partial charge on any atom is 0.0943 e. The lowest BCUT2D eigenvalue weighted by atomic mass is 10.0. The van der Waals surface area contributed by atoms with Crippen LogP contribution >= 0.6 is 11.3 Å². The van der Waals surface area contributed by atoms with Crippen LogP contribution < -0.4 is 5.32 Å². The van der Waals surface area contributed by atoms with Crippen molar-refractivity contribution in [3.63, 3.8) is 0 Å². The molecular formula is C17H24N2S. The van der Waals surface area contributed by atoms with Crippen molar-refractivity contribution in [2.45, 2.75) is 45.6 Å². The molecule has 1 N–H and O–H groups in total. The molecule has 1 aromatic carbocycles. The molecular weight excluding hydrogens is 264 g/mol. The first kappa shape index (κ1) is 15.2. The van der Waals surface area contributed by atoms with E-state index in [9.17, 15) is 0 Å². The molecule has 0 spiro atoms. The monoisotopic (exact) mass is 288 g/mol. The summed E-state index contributed by atoms with van der Waals surface area (Å²) in [5, 5.41) is 6.99. The van der Waals surface area contributed by atoms with Gasteiger partial charge in [-0.15, -0.1) is 11.3 Å². The summed E-state index contributed by atoms with van der Waals surface area (Å²) in [5.41, 5.74) is 2.58. The van der Waals surface area contributed by atoms with Gasteiger partial charge in [0.15, 0.2) is 0 Å². The fourth-order valence-electron chi connectivity index (χ4n) is 2.47. The molecule has 0 aliphatic heterocycles. The number of nitrogens with one attached hydrogen (secondary N) is 1. The van der Waals surface area contributed by atoms with E-state index in [4.69, 9.17) is 0 Å². The van der Waals surface area contributed by atoms with Crippen molar-refractivity contribution in [1.82, 2.24) is 10.3 Å². The van der Waals surface area contributed by atoms with Crippen LogP contribution in [0.1, 0.15) is 36.0 Å². The Labute approximate surface area is 126 Å². The third-order valence-electron chi connectivity index (χ3n) is 3.44. The minimum absolute atomic E-state index is 0.550. The molecule has 0 bridgehead atoms. The van der Waals surface area contributed by atoms with Crippen LogP contribution in [0, 0.1) is 6.92 Å². The first-order chi connectivity index (χ1) is 9.78. The third-order valence-corrected chi connectivity index (χ3v) is 4.43. The number of rotatable bonds is 8. The maximum absolute atomic E-state index is 4.58. The Morgan fingerprint density at radius 3 is 2.70 bits per heavy atom. The number of nitrogens with zero attached hydrogens (tertiary/aromatic N) is 1. The molecule has 1 unspecified atom stereocenters. The van der Waals surface area contributed by atoms with Crippen molar-refractivity contribution in [2.24, 2.45) is 0 Å². The van der Waals surface area contributed by atoms with Crippen molar-refractivity contribution in [3.05, 3.63) is 52.0 Å². The van der Waals surface area contributed by atoms with E-state index >= 15 is 0 Å². The van der Waals surface area contributed by atoms with Gasteiger partial charge in [-0.25, -0.2) is 4.98 Å². The second-order valence-electron chi connectivity index (χ2n) is 5.22. The van der Waals surface area contributed by atoms with Gasteiger partial charge in [-0.1, -0.05) is 37.3 Å². The molecule has 1 aromatic heterocycles. The molecule has 0 aliphatic rings. The molecule has 20 heavy (non-hydrogen) atoms. The van der Waals surface area contributed by atoms with Gasteiger partial charge in [0, 0.05) is 23.5 Å². The highest BCUT2D eigenvalue weighted by molar-refractivity contribution is 7.09. The van der Waals surface area contributed by atoms with Gasteiger partial charge in [-0.3, -0.25) is 0 Å². The zero-order chi connectivity index (χ0) is 14.2. The Kier molecular flexibility index (Phi) is 6.22. The first-order valence-electron chi connectivity index (χ1n) is 7.46. The van der Waals surface area contributed by atoms with E-state index in [1.807, 2.05) is 0 Å². The number of aromatic nitrogens is 1. The van der Waals surface area contributed by atoms with Crippen molar-refractivity contribution in [2.75, 3.05) is 6.54 Å². The highest BCUT2D eigenvalue weighted by Gasteiger charge is 2.10. The predicted molar refractivity (Wildman–Crippen MR) is 87.4 cm³/mol. The quantitative estimate of drug-likeness (QED) is 0.794. The average molecular weight is 288 g/mol. The van der Waals surface area contributed by atoms with E-state index in [1.54, 1.807) is 11.3 Å². The SMILES string of the molecule is CCNC(CCCc1ccccc1)Cc1nc(C)cs1. The molecule has 0 aliphatic carbocycles. The highest BCUT2D eigenvalue weighted by Crippen LogP contribution is 2.14. The Balaban J connectivity index is 1.80. The molecule has 2 aromatic rings. The summed E-state index contributed by atoms with van der Waals surface area (Å²) < 4.78 is 0. The van der Waals surface area contributed by atoms with Crippen LogP contribution in [0.4, 0.5) is 0 Å². The van der Waals surface area contributed by atoms with Gasteiger partial charge in [-0.2, -0.15) is 0 Å². The van der Waals surface area contributed by atoms with Crippen LogP contribution in [0.15, 0.2) is 35.7 Å². The number of benzene rings is 1. The molecule has 2 rings (SSSR count). The van der Waals surface area contributed by atoms with Crippen molar-refractivity contribution in [3.8, 4) is 0 Å². The molecule has 0 fully saturated rings. The number of aryl methyl sites for hydroxylation is 2. The van der Waals surface area contributed by atoms with Crippen LogP contribution in [0.2, 0.25) is 0 Å². The lowest BCUT2D eigenvalue weighted by molar-refractivity contribution is 0.475. The smallest absolute Gasteiger partial charge is 0.0943 e. The zero-order valence-corrected chi connectivity index (χ0v) is 13.2. The largest absolute Gasteiger partial charge is 0.314 e. The fourth-order valence-corrected chi connectivity index (χ4v) is 3.32. The molecule has 0 saturated heterocycles. The fraction of sp³-hybridized carbons (Fsp3) is 0.471. The van der Waals surface area contributed by atoms with Gasteiger partial charge >= 0.3 is 0 Å². The maximum atomic E-state index is 4.58. The van der Waals surface area contributed by atoms with Crippen LogP contribution in [0.25, 0.3) is 0 Å². The van der Waals surface area contributed by atoms with E-state index in [0.29, 0.717) is 6.04 Å². The van der Waals surface area contributed by atoms with E-state index in [-0.39, 0.29) is 0 Å². The summed E-state index contributed by atoms with van der Waals surface area (Å²) in [6, 6.07) is 11.3. The second kappa shape index (κ2) is 8.18. The first-order valence-corrected chi connectivity index (χ1v) is 8.34. The summed E-state index contributed by atoms with van der Waals surface area (Å²) in [7, 11) is 0. The highest BCUT2D eigenvalue weighted by atomic mass is 32.1. The average Bonchev–Trinajstić information content (AvgIpc) is 2.85. The Bertz CT molecular complexity index is 493. The van der Waals surface area contributed by atoms with Crippen molar-refractivity contribution in [1.29, 1.82) is 0 Å². The van der Waals surface area contributed by atoms with E-state index in [0.717, 1.165) is 18.7 Å². The van der Waals surface area contributed by atoms with Gasteiger partial charge in [-0.05, 0) is 38.3 Å². The molecule has 0 saturated carbocycles. The van der Waals surface area contributed by atoms with Gasteiger partial charge < -0.3 is 5.32 Å². The minimum atomic E-state index is 0.550. The standard InChI is InChI=1S/C17H24N2S/c1-3-18-16(12-17-19-14(2)13-20-17)11-7-10-15-8-5-4-6-9-15/h4-6,8-9,13,16,18H,3,7,10-12H2,1-2H3. The van der Waals surface area contributed by atoms with Crippen LogP contribution in [0.5, 0.6) is 0 Å². The van der Waals surface area contributed by atoms with Gasteiger partial charge in [0.05, 0.1) is 5.01 Å². The molecule has 1 heterocycles. The third kappa shape index (κ3) is 5.06. The summed E-state index contributed by atoms with van der Waals surface area (Å²) in [6.07, 6.45) is 4.66. The summed E-state index contributed by atoms with van der Waals surface area (Å²) in [5.74, 6) is 0. The van der Waals surface area contributed by atoms with Crippen LogP contribution in [-0.4, -0.2) is 17.6 Å². The van der Waals surface area contributed by atoms with E-state index in [1.165, 1.54) is 29.8 Å². The predicted octanol–water partition coefficient (Wildman–Crippen LogP) is 4.00. The molecule has 2 nitrogen and oxygen atoms in total. The molecule has 0 radical (unpaired) electrons. The second-order valence-corrected chi connectivity index (χ2v) is 6.16. The zero-order valence-electron chi connectivity index (χ0n) is 12.4. The molecule has 3 heteroatoms. The van der Waals surface area contributed by atoms with Crippen molar-refractivity contribution >= 4 is 11.3 Å². The topological polar surface area (TPSA) is 24.9 Å². The van der Waals surface area contributed by atoms with Gasteiger partial charge in [0.25, 0.3) is 0 Å². The van der Waals surface area contributed by atoms with Crippen molar-refractivity contribution < 1.29 is 0 Å². The number of hydrogen-bond donors (Lipinski definition) is 1. The Hall–Kier alpha value is -1.19. The summed E-state index contributed by atoms with van der Waals surface area (Å²) in [6.45, 7) is 5.27. The number of thiazole rings is 1. The Morgan fingerprint density at radius 1 is 1.25 bits per heavy atom. The Morgan fingerprint density at radius 2 is 2.05 bits per heavy atom. The van der Waals surface area contributed by atoms with Gasteiger partial charge in [0.1, 0.15) is 0 Å². The summed E-state index contributed by atoms with van der Waals surface area (Å²) in [4.78, 5) is 4.58. The molecule has 108 valence electrons. The normalized spacial score (nSPS) is 12.5. The molecule has 1 atom stereocenters. The number of likely N-dealkylation sites (N-methyl/N-ethyl adjacent to an activating group) is 1. The number of hydrogen-bond acceptors (Lipinski definition) is 3. The lowest BCUT2D eigenvalue weighted by Crippen LogP contribution is -2.31.